The number of carbonyl (C=O) groups excluding carboxylic acids is 2. The number of anilines is 5. The van der Waals surface area contributed by atoms with Gasteiger partial charge in [0.25, 0.3) is 5.91 Å². The van der Waals surface area contributed by atoms with Crippen molar-refractivity contribution in [2.24, 2.45) is 0 Å². The third-order valence-corrected chi connectivity index (χ3v) is 5.60. The van der Waals surface area contributed by atoms with Gasteiger partial charge in [0.1, 0.15) is 5.82 Å². The summed E-state index contributed by atoms with van der Waals surface area (Å²) in [5, 5.41) is 11.4. The zero-order chi connectivity index (χ0) is 24.4. The summed E-state index contributed by atoms with van der Waals surface area (Å²) in [5.74, 6) is -0.721. The average molecular weight is 488 g/mol. The molecule has 35 heavy (non-hydrogen) atoms. The number of carbonyl (C=O) groups is 2. The lowest BCUT2D eigenvalue weighted by Gasteiger charge is -2.11. The Kier molecular flexibility index (Phi) is 5.95. The Balaban J connectivity index is 1.27. The minimum Gasteiger partial charge on any atom is -0.362 e. The van der Waals surface area contributed by atoms with Crippen molar-refractivity contribution >= 4 is 63.6 Å². The van der Waals surface area contributed by atoms with Gasteiger partial charge >= 0.3 is 6.03 Å². The first kappa shape index (κ1) is 22.2. The van der Waals surface area contributed by atoms with Crippen LogP contribution in [-0.2, 0) is 4.79 Å². The molecule has 0 atom stereocenters. The lowest BCUT2D eigenvalue weighted by atomic mass is 10.1. The van der Waals surface area contributed by atoms with Gasteiger partial charge in [-0.15, -0.1) is 0 Å². The van der Waals surface area contributed by atoms with E-state index in [-0.39, 0.29) is 10.9 Å². The van der Waals surface area contributed by atoms with Crippen molar-refractivity contribution in [3.63, 3.8) is 0 Å². The number of fused-ring (bicyclic) bond motifs is 1. The number of H-pyrrole nitrogens is 1. The molecule has 2 heterocycles. The highest BCUT2D eigenvalue weighted by atomic mass is 35.5. The number of amides is 3. The van der Waals surface area contributed by atoms with E-state index in [1.54, 1.807) is 24.4 Å². The van der Waals surface area contributed by atoms with Crippen molar-refractivity contribution < 1.29 is 14.0 Å². The van der Waals surface area contributed by atoms with Crippen LogP contribution < -0.4 is 21.3 Å². The van der Waals surface area contributed by atoms with E-state index in [9.17, 15) is 14.0 Å². The van der Waals surface area contributed by atoms with E-state index in [1.165, 1.54) is 18.2 Å². The molecule has 5 N–H and O–H groups in total. The highest BCUT2D eigenvalue weighted by Crippen LogP contribution is 2.35. The van der Waals surface area contributed by atoms with Gasteiger partial charge in [0.2, 0.25) is 0 Å². The summed E-state index contributed by atoms with van der Waals surface area (Å²) < 4.78 is 13.3. The zero-order valence-electron chi connectivity index (χ0n) is 18.2. The number of rotatable bonds is 5. The molecule has 3 aromatic carbocycles. The van der Waals surface area contributed by atoms with Gasteiger partial charge in [0, 0.05) is 40.2 Å². The monoisotopic (exact) mass is 487 g/mol. The summed E-state index contributed by atoms with van der Waals surface area (Å²) >= 11 is 5.76. The van der Waals surface area contributed by atoms with E-state index in [2.05, 4.69) is 26.3 Å². The molecule has 0 radical (unpaired) electrons. The predicted molar refractivity (Wildman–Crippen MR) is 138 cm³/mol. The highest BCUT2D eigenvalue weighted by molar-refractivity contribution is 6.35. The fourth-order valence-corrected chi connectivity index (χ4v) is 3.89. The van der Waals surface area contributed by atoms with Crippen LogP contribution in [-0.4, -0.2) is 16.9 Å². The van der Waals surface area contributed by atoms with Crippen LogP contribution in [0.3, 0.4) is 0 Å². The number of aromatic nitrogens is 1. The molecular formula is C26H19ClFN5O2. The van der Waals surface area contributed by atoms with E-state index < -0.39 is 11.8 Å². The van der Waals surface area contributed by atoms with Crippen LogP contribution in [0.1, 0.15) is 11.3 Å². The Morgan fingerprint density at radius 3 is 2.40 bits per heavy atom. The zero-order valence-corrected chi connectivity index (χ0v) is 18.9. The number of hydrogen-bond donors (Lipinski definition) is 5. The molecule has 5 rings (SSSR count). The summed E-state index contributed by atoms with van der Waals surface area (Å²) in [7, 11) is 0. The van der Waals surface area contributed by atoms with E-state index in [0.29, 0.717) is 22.6 Å². The van der Waals surface area contributed by atoms with Gasteiger partial charge in [-0.25, -0.2) is 9.18 Å². The molecule has 0 spiro atoms. The van der Waals surface area contributed by atoms with E-state index >= 15 is 0 Å². The van der Waals surface area contributed by atoms with E-state index in [4.69, 9.17) is 11.6 Å². The second-order valence-electron chi connectivity index (χ2n) is 7.81. The summed E-state index contributed by atoms with van der Waals surface area (Å²) in [5.41, 5.74) is 5.40. The fraction of sp³-hybridized carbons (Fsp3) is 0. The lowest BCUT2D eigenvalue weighted by molar-refractivity contribution is -0.110. The van der Waals surface area contributed by atoms with Crippen LogP contribution in [0, 0.1) is 5.82 Å². The summed E-state index contributed by atoms with van der Waals surface area (Å²) in [6.07, 6.45) is 3.62. The van der Waals surface area contributed by atoms with E-state index in [0.717, 1.165) is 22.6 Å². The summed E-state index contributed by atoms with van der Waals surface area (Å²) in [4.78, 5) is 27.9. The smallest absolute Gasteiger partial charge is 0.323 e. The topological polar surface area (TPSA) is 98.1 Å². The Bertz CT molecular complexity index is 1470. The van der Waals surface area contributed by atoms with Gasteiger partial charge < -0.3 is 26.3 Å². The normalized spacial score (nSPS) is 13.3. The third-order valence-electron chi connectivity index (χ3n) is 5.31. The molecule has 1 aliphatic rings. The number of nitrogens with one attached hydrogen (secondary N) is 5. The first-order valence-corrected chi connectivity index (χ1v) is 11.0. The molecule has 0 aliphatic carbocycles. The van der Waals surface area contributed by atoms with Crippen molar-refractivity contribution in [3.05, 3.63) is 101 Å². The maximum atomic E-state index is 13.3. The Morgan fingerprint density at radius 1 is 0.886 bits per heavy atom. The molecule has 0 bridgehead atoms. The fourth-order valence-electron chi connectivity index (χ4n) is 3.71. The molecule has 4 aromatic rings. The van der Waals surface area contributed by atoms with Crippen molar-refractivity contribution in [1.82, 2.24) is 4.98 Å². The molecule has 3 amide bonds. The number of urea groups is 1. The van der Waals surface area contributed by atoms with Crippen molar-refractivity contribution in [3.8, 4) is 0 Å². The quantitative estimate of drug-likeness (QED) is 0.203. The number of benzene rings is 3. The predicted octanol–water partition coefficient (Wildman–Crippen LogP) is 6.69. The van der Waals surface area contributed by atoms with Gasteiger partial charge in [-0.1, -0.05) is 23.7 Å². The van der Waals surface area contributed by atoms with Crippen LogP contribution in [0.5, 0.6) is 0 Å². The average Bonchev–Trinajstić information content (AvgIpc) is 3.44. The number of halogens is 2. The minimum atomic E-state index is -0.560. The number of hydrogen-bond acceptors (Lipinski definition) is 3. The van der Waals surface area contributed by atoms with Crippen LogP contribution >= 0.6 is 11.6 Å². The van der Waals surface area contributed by atoms with Crippen LogP contribution in [0.2, 0.25) is 5.02 Å². The first-order valence-electron chi connectivity index (χ1n) is 10.7. The molecule has 1 aromatic heterocycles. The molecule has 0 saturated heterocycles. The van der Waals surface area contributed by atoms with Gasteiger partial charge in [-0.3, -0.25) is 4.79 Å². The first-order chi connectivity index (χ1) is 16.9. The van der Waals surface area contributed by atoms with Crippen LogP contribution in [0.15, 0.2) is 79.0 Å². The minimum absolute atomic E-state index is 0.0774. The Hall–Kier alpha value is -4.56. The van der Waals surface area contributed by atoms with Crippen LogP contribution in [0.25, 0.3) is 11.6 Å². The summed E-state index contributed by atoms with van der Waals surface area (Å²) in [6, 6.07) is 20.0. The molecule has 7 nitrogen and oxygen atoms in total. The van der Waals surface area contributed by atoms with Gasteiger partial charge in [0.05, 0.1) is 16.3 Å². The third kappa shape index (κ3) is 5.02. The largest absolute Gasteiger partial charge is 0.362 e. The van der Waals surface area contributed by atoms with Crippen molar-refractivity contribution in [2.75, 3.05) is 21.3 Å². The molecule has 9 heteroatoms. The van der Waals surface area contributed by atoms with Gasteiger partial charge in [-0.05, 0) is 66.7 Å². The van der Waals surface area contributed by atoms with Gasteiger partial charge in [0.15, 0.2) is 0 Å². The SMILES string of the molecule is O=C(Nc1cccc(Nc2ccc3c(c2)NC(=O)/C3=C\c2ccc[nH]2)c1)Nc1ccc(F)c(Cl)c1. The second kappa shape index (κ2) is 9.36. The van der Waals surface area contributed by atoms with Gasteiger partial charge in [-0.2, -0.15) is 0 Å². The Morgan fingerprint density at radius 2 is 1.63 bits per heavy atom. The highest BCUT2D eigenvalue weighted by Gasteiger charge is 2.24. The molecule has 174 valence electrons. The standard InChI is InChI=1S/C26H19ClFN5O2/c27-22-13-18(7-9-23(22)28)32-26(35)31-17-4-1-3-16(11-17)30-19-6-8-20-21(12-15-5-2-10-29-15)25(34)33-24(20)14-19/h1-14,29-30H,(H,33,34)(H2,31,32,35)/b21-12-. The lowest BCUT2D eigenvalue weighted by Crippen LogP contribution is -2.19. The van der Waals surface area contributed by atoms with E-state index in [1.807, 2.05) is 42.5 Å². The van der Waals surface area contributed by atoms with Crippen LogP contribution in [0.4, 0.5) is 37.6 Å². The molecule has 0 unspecified atom stereocenters. The molecule has 0 fully saturated rings. The number of aromatic amines is 1. The second-order valence-corrected chi connectivity index (χ2v) is 8.22. The van der Waals surface area contributed by atoms with Crippen molar-refractivity contribution in [1.29, 1.82) is 0 Å². The van der Waals surface area contributed by atoms with Crippen molar-refractivity contribution in [2.45, 2.75) is 0 Å². The molecule has 1 aliphatic heterocycles. The molecular weight excluding hydrogens is 469 g/mol. The summed E-state index contributed by atoms with van der Waals surface area (Å²) in [6.45, 7) is 0. The maximum Gasteiger partial charge on any atom is 0.323 e. The molecule has 0 saturated carbocycles. The maximum absolute atomic E-state index is 13.3. The Labute approximate surface area is 205 Å².